The van der Waals surface area contributed by atoms with Gasteiger partial charge in [-0.3, -0.25) is 4.79 Å². The Hall–Kier alpha value is -1.27. The maximum absolute atomic E-state index is 11.6. The fourth-order valence-corrected chi connectivity index (χ4v) is 2.73. The Morgan fingerprint density at radius 3 is 2.74 bits per heavy atom. The van der Waals surface area contributed by atoms with Crippen LogP contribution < -0.4 is 16.0 Å². The summed E-state index contributed by atoms with van der Waals surface area (Å²) in [5.41, 5.74) is 6.11. The largest absolute Gasteiger partial charge is 0.491 e. The van der Waals surface area contributed by atoms with Crippen LogP contribution in [0.2, 0.25) is 0 Å². The number of nitrogens with two attached hydrogens (primary N) is 1. The number of anilines is 1. The molecule has 0 aliphatic rings. The number of hydrogen-bond acceptors (Lipinski definition) is 3. The van der Waals surface area contributed by atoms with Gasteiger partial charge < -0.3 is 15.0 Å². The van der Waals surface area contributed by atoms with Gasteiger partial charge in [0.1, 0.15) is 12.4 Å². The van der Waals surface area contributed by atoms with Crippen molar-refractivity contribution in [2.45, 2.75) is 6.54 Å². The van der Waals surface area contributed by atoms with Crippen molar-refractivity contribution < 1.29 is 4.74 Å². The average Bonchev–Trinajstić information content (AvgIpc) is 2.36. The fourth-order valence-electron chi connectivity index (χ4n) is 1.57. The lowest BCUT2D eigenvalue weighted by Crippen LogP contribution is -2.22. The first kappa shape index (κ1) is 14.1. The number of ether oxygens (including phenoxy) is 1. The maximum atomic E-state index is 11.6. The van der Waals surface area contributed by atoms with Gasteiger partial charge >= 0.3 is 0 Å². The van der Waals surface area contributed by atoms with Crippen LogP contribution >= 0.6 is 31.9 Å². The van der Waals surface area contributed by atoms with Gasteiger partial charge in [-0.2, -0.15) is 0 Å². The van der Waals surface area contributed by atoms with Crippen molar-refractivity contribution in [3.8, 4) is 5.75 Å². The zero-order valence-corrected chi connectivity index (χ0v) is 13.1. The third kappa shape index (κ3) is 3.84. The van der Waals surface area contributed by atoms with Crippen molar-refractivity contribution in [2.75, 3.05) is 12.3 Å². The summed E-state index contributed by atoms with van der Waals surface area (Å²) >= 11 is 6.79. The van der Waals surface area contributed by atoms with E-state index in [1.807, 2.05) is 18.2 Å². The highest BCUT2D eigenvalue weighted by molar-refractivity contribution is 9.11. The van der Waals surface area contributed by atoms with Crippen molar-refractivity contribution in [1.82, 2.24) is 4.57 Å². The van der Waals surface area contributed by atoms with Crippen molar-refractivity contribution >= 4 is 37.5 Å². The van der Waals surface area contributed by atoms with E-state index >= 15 is 0 Å². The first-order valence-electron chi connectivity index (χ1n) is 5.60. The number of hydrogen-bond donors (Lipinski definition) is 1. The molecule has 100 valence electrons. The fraction of sp³-hybridized carbons (Fsp3) is 0.154. The third-order valence-corrected chi connectivity index (χ3v) is 3.60. The van der Waals surface area contributed by atoms with Gasteiger partial charge in [-0.05, 0) is 40.2 Å². The minimum Gasteiger partial charge on any atom is -0.491 e. The van der Waals surface area contributed by atoms with Crippen LogP contribution in [0.25, 0.3) is 0 Å². The van der Waals surface area contributed by atoms with E-state index in [1.54, 1.807) is 12.3 Å². The Bertz CT molecular complexity index is 641. The number of benzene rings is 1. The van der Waals surface area contributed by atoms with E-state index in [9.17, 15) is 4.79 Å². The van der Waals surface area contributed by atoms with Crippen LogP contribution in [-0.4, -0.2) is 11.2 Å². The molecule has 4 nitrogen and oxygen atoms in total. The van der Waals surface area contributed by atoms with Gasteiger partial charge in [-0.25, -0.2) is 0 Å². The molecule has 6 heteroatoms. The van der Waals surface area contributed by atoms with E-state index < -0.39 is 0 Å². The zero-order chi connectivity index (χ0) is 13.8. The lowest BCUT2D eigenvalue weighted by atomic mass is 10.3. The van der Waals surface area contributed by atoms with Crippen LogP contribution in [0, 0.1) is 0 Å². The molecule has 2 N–H and O–H groups in total. The van der Waals surface area contributed by atoms with E-state index in [2.05, 4.69) is 31.9 Å². The number of rotatable bonds is 4. The number of halogens is 2. The molecular formula is C13H12Br2N2O2. The Kier molecular flexibility index (Phi) is 4.66. The second kappa shape index (κ2) is 6.25. The Labute approximate surface area is 127 Å². The number of nitrogens with zero attached hydrogens (tertiary/aromatic N) is 1. The van der Waals surface area contributed by atoms with Crippen LogP contribution in [0.3, 0.4) is 0 Å². The van der Waals surface area contributed by atoms with Gasteiger partial charge in [0.05, 0.1) is 11.0 Å². The van der Waals surface area contributed by atoms with Crippen LogP contribution in [0.15, 0.2) is 50.3 Å². The predicted octanol–water partition coefficient (Wildman–Crippen LogP) is 3.03. The number of nitrogen functional groups attached to an aromatic ring is 1. The van der Waals surface area contributed by atoms with E-state index in [1.165, 1.54) is 10.6 Å². The highest BCUT2D eigenvalue weighted by atomic mass is 79.9. The van der Waals surface area contributed by atoms with Crippen molar-refractivity contribution in [3.05, 3.63) is 55.8 Å². The van der Waals surface area contributed by atoms with E-state index in [-0.39, 0.29) is 5.56 Å². The molecule has 19 heavy (non-hydrogen) atoms. The lowest BCUT2D eigenvalue weighted by Gasteiger charge is -2.10. The molecule has 0 atom stereocenters. The van der Waals surface area contributed by atoms with Gasteiger partial charge in [0.15, 0.2) is 0 Å². The molecule has 0 fully saturated rings. The molecule has 0 aliphatic heterocycles. The highest BCUT2D eigenvalue weighted by Crippen LogP contribution is 2.28. The highest BCUT2D eigenvalue weighted by Gasteiger charge is 2.02. The molecule has 0 unspecified atom stereocenters. The molecule has 2 aromatic rings. The smallest absolute Gasteiger partial charge is 0.250 e. The van der Waals surface area contributed by atoms with E-state index in [0.29, 0.717) is 18.8 Å². The first-order valence-corrected chi connectivity index (χ1v) is 7.18. The summed E-state index contributed by atoms with van der Waals surface area (Å²) in [7, 11) is 0. The summed E-state index contributed by atoms with van der Waals surface area (Å²) in [6.45, 7) is 0.843. The molecule has 1 aromatic carbocycles. The standard InChI is InChI=1S/C13H12Br2N2O2/c14-9-1-3-12(11(15)7-9)19-6-5-17-8-10(16)2-4-13(17)18/h1-4,7-8H,5-6,16H2. The second-order valence-electron chi connectivity index (χ2n) is 3.92. The molecule has 1 heterocycles. The summed E-state index contributed by atoms with van der Waals surface area (Å²) in [5.74, 6) is 0.736. The second-order valence-corrected chi connectivity index (χ2v) is 5.69. The van der Waals surface area contributed by atoms with Gasteiger partial charge in [0, 0.05) is 22.4 Å². The molecular weight excluding hydrogens is 376 g/mol. The summed E-state index contributed by atoms with van der Waals surface area (Å²) in [4.78, 5) is 11.6. The minimum absolute atomic E-state index is 0.0901. The van der Waals surface area contributed by atoms with Gasteiger partial charge in [-0.15, -0.1) is 0 Å². The van der Waals surface area contributed by atoms with Crippen LogP contribution in [0.4, 0.5) is 5.69 Å². The molecule has 1 aromatic heterocycles. The Morgan fingerprint density at radius 2 is 2.00 bits per heavy atom. The first-order chi connectivity index (χ1) is 9.06. The molecule has 0 spiro atoms. The Balaban J connectivity index is 2.00. The molecule has 2 rings (SSSR count). The van der Waals surface area contributed by atoms with Crippen molar-refractivity contribution in [2.24, 2.45) is 0 Å². The average molecular weight is 388 g/mol. The van der Waals surface area contributed by atoms with Crippen molar-refractivity contribution in [1.29, 1.82) is 0 Å². The van der Waals surface area contributed by atoms with Crippen LogP contribution in [0.1, 0.15) is 0 Å². The molecule has 0 amide bonds. The predicted molar refractivity (Wildman–Crippen MR) is 82.5 cm³/mol. The number of pyridine rings is 1. The molecule has 0 saturated carbocycles. The molecule has 0 saturated heterocycles. The zero-order valence-electron chi connectivity index (χ0n) is 9.98. The van der Waals surface area contributed by atoms with Crippen LogP contribution in [-0.2, 0) is 6.54 Å². The van der Waals surface area contributed by atoms with Gasteiger partial charge in [0.2, 0.25) is 0 Å². The SMILES string of the molecule is Nc1ccc(=O)n(CCOc2ccc(Br)cc2Br)c1. The van der Waals surface area contributed by atoms with Gasteiger partial charge in [0.25, 0.3) is 5.56 Å². The topological polar surface area (TPSA) is 57.2 Å². The number of aromatic nitrogens is 1. The lowest BCUT2D eigenvalue weighted by molar-refractivity contribution is 0.294. The maximum Gasteiger partial charge on any atom is 0.250 e. The molecule has 0 aliphatic carbocycles. The Morgan fingerprint density at radius 1 is 1.21 bits per heavy atom. The minimum atomic E-state index is -0.0901. The third-order valence-electron chi connectivity index (χ3n) is 2.49. The normalized spacial score (nSPS) is 10.4. The summed E-state index contributed by atoms with van der Waals surface area (Å²) in [6, 6.07) is 8.70. The summed E-state index contributed by atoms with van der Waals surface area (Å²) < 4.78 is 8.99. The molecule has 0 bridgehead atoms. The van der Waals surface area contributed by atoms with E-state index in [0.717, 1.165) is 14.7 Å². The molecule has 0 radical (unpaired) electrons. The summed E-state index contributed by atoms with van der Waals surface area (Å²) in [5, 5.41) is 0. The monoisotopic (exact) mass is 386 g/mol. The van der Waals surface area contributed by atoms with Crippen molar-refractivity contribution in [3.63, 3.8) is 0 Å². The van der Waals surface area contributed by atoms with Crippen LogP contribution in [0.5, 0.6) is 5.75 Å². The van der Waals surface area contributed by atoms with E-state index in [4.69, 9.17) is 10.5 Å². The summed E-state index contributed by atoms with van der Waals surface area (Å²) in [6.07, 6.45) is 1.61. The quantitative estimate of drug-likeness (QED) is 0.877. The van der Waals surface area contributed by atoms with Gasteiger partial charge in [-0.1, -0.05) is 15.9 Å².